The van der Waals surface area contributed by atoms with Gasteiger partial charge in [-0.2, -0.15) is 0 Å². The summed E-state index contributed by atoms with van der Waals surface area (Å²) in [4.78, 5) is 26.0. The summed E-state index contributed by atoms with van der Waals surface area (Å²) >= 11 is 0. The minimum atomic E-state index is -0.146. The van der Waals surface area contributed by atoms with Crippen molar-refractivity contribution >= 4 is 23.3 Å². The number of rotatable bonds is 6. The zero-order valence-corrected chi connectivity index (χ0v) is 14.6. The molecular formula is C20H23N3O3. The van der Waals surface area contributed by atoms with Gasteiger partial charge in [0.1, 0.15) is 0 Å². The number of nitrogens with one attached hydrogen (secondary N) is 2. The third-order valence-corrected chi connectivity index (χ3v) is 4.41. The van der Waals surface area contributed by atoms with Crippen LogP contribution in [0.15, 0.2) is 48.5 Å². The molecule has 6 nitrogen and oxygen atoms in total. The molecule has 1 aliphatic heterocycles. The third-order valence-electron chi connectivity index (χ3n) is 4.41. The average Bonchev–Trinajstić information content (AvgIpc) is 2.83. The van der Waals surface area contributed by atoms with Crippen molar-refractivity contribution in [1.29, 1.82) is 0 Å². The number of benzene rings is 2. The van der Waals surface area contributed by atoms with Crippen molar-refractivity contribution in [2.75, 3.05) is 29.9 Å². The molecule has 0 aromatic heterocycles. The molecule has 1 heterocycles. The van der Waals surface area contributed by atoms with Crippen LogP contribution in [-0.2, 0) is 17.6 Å². The van der Waals surface area contributed by atoms with Crippen molar-refractivity contribution < 1.29 is 14.7 Å². The van der Waals surface area contributed by atoms with Gasteiger partial charge in [0.05, 0.1) is 6.61 Å². The first-order valence-electron chi connectivity index (χ1n) is 8.80. The number of amides is 3. The van der Waals surface area contributed by atoms with Gasteiger partial charge in [-0.15, -0.1) is 0 Å². The molecule has 0 spiro atoms. The zero-order valence-electron chi connectivity index (χ0n) is 14.6. The number of aryl methyl sites for hydroxylation is 1. The van der Waals surface area contributed by atoms with Crippen molar-refractivity contribution in [2.45, 2.75) is 19.3 Å². The van der Waals surface area contributed by atoms with E-state index in [1.807, 2.05) is 48.5 Å². The number of aliphatic hydroxyl groups excluding tert-OH is 1. The zero-order chi connectivity index (χ0) is 18.4. The first-order chi connectivity index (χ1) is 12.7. The van der Waals surface area contributed by atoms with Gasteiger partial charge in [0, 0.05) is 30.9 Å². The largest absolute Gasteiger partial charge is 0.395 e. The maximum atomic E-state index is 12.6. The predicted molar refractivity (Wildman–Crippen MR) is 101 cm³/mol. The van der Waals surface area contributed by atoms with E-state index in [2.05, 4.69) is 10.6 Å². The quantitative estimate of drug-likeness (QED) is 0.745. The number of hydrogen-bond donors (Lipinski definition) is 3. The second kappa shape index (κ2) is 8.49. The predicted octanol–water partition coefficient (Wildman–Crippen LogP) is 2.32. The van der Waals surface area contributed by atoms with Crippen LogP contribution < -0.4 is 15.5 Å². The Bertz CT molecular complexity index is 791. The number of para-hydroxylation sites is 1. The summed E-state index contributed by atoms with van der Waals surface area (Å²) in [5.74, 6) is -0.0904. The molecule has 3 amide bonds. The molecule has 3 N–H and O–H groups in total. The lowest BCUT2D eigenvalue weighted by Crippen LogP contribution is -2.34. The highest BCUT2D eigenvalue weighted by Gasteiger charge is 2.21. The van der Waals surface area contributed by atoms with Gasteiger partial charge in [-0.25, -0.2) is 4.79 Å². The Morgan fingerprint density at radius 3 is 2.88 bits per heavy atom. The summed E-state index contributed by atoms with van der Waals surface area (Å²) in [5.41, 5.74) is 3.80. The SMILES string of the molecule is O=C(CCc1cccc(N2CCc3ccccc3NC2=O)c1)NCCO. The van der Waals surface area contributed by atoms with E-state index < -0.39 is 0 Å². The molecule has 3 rings (SSSR count). The molecule has 1 aliphatic rings. The maximum Gasteiger partial charge on any atom is 0.326 e. The van der Waals surface area contributed by atoms with Crippen molar-refractivity contribution in [3.05, 3.63) is 59.7 Å². The Morgan fingerprint density at radius 2 is 2.04 bits per heavy atom. The van der Waals surface area contributed by atoms with E-state index in [0.29, 0.717) is 19.4 Å². The van der Waals surface area contributed by atoms with Crippen LogP contribution in [0.1, 0.15) is 17.5 Å². The number of carbonyl (C=O) groups is 2. The van der Waals surface area contributed by atoms with Gasteiger partial charge in [0.25, 0.3) is 0 Å². The summed E-state index contributed by atoms with van der Waals surface area (Å²) in [6.45, 7) is 0.810. The molecule has 0 bridgehead atoms. The number of carbonyl (C=O) groups excluding carboxylic acids is 2. The molecule has 6 heteroatoms. The van der Waals surface area contributed by atoms with Crippen LogP contribution in [0, 0.1) is 0 Å². The Hall–Kier alpha value is -2.86. The van der Waals surface area contributed by atoms with E-state index in [-0.39, 0.29) is 25.1 Å². The normalized spacial score (nSPS) is 13.6. The summed E-state index contributed by atoms with van der Waals surface area (Å²) in [5, 5.41) is 14.3. The summed E-state index contributed by atoms with van der Waals surface area (Å²) < 4.78 is 0. The number of fused-ring (bicyclic) bond motifs is 1. The van der Waals surface area contributed by atoms with Gasteiger partial charge >= 0.3 is 6.03 Å². The Kier molecular flexibility index (Phi) is 5.86. The maximum absolute atomic E-state index is 12.6. The lowest BCUT2D eigenvalue weighted by Gasteiger charge is -2.21. The van der Waals surface area contributed by atoms with Crippen LogP contribution in [0.4, 0.5) is 16.2 Å². The molecule has 136 valence electrons. The minimum absolute atomic E-state index is 0.0618. The van der Waals surface area contributed by atoms with Crippen LogP contribution in [-0.4, -0.2) is 36.7 Å². The van der Waals surface area contributed by atoms with E-state index >= 15 is 0 Å². The van der Waals surface area contributed by atoms with Crippen LogP contribution in [0.25, 0.3) is 0 Å². The number of hydrogen-bond acceptors (Lipinski definition) is 3. The highest BCUT2D eigenvalue weighted by Crippen LogP contribution is 2.24. The van der Waals surface area contributed by atoms with Gasteiger partial charge in [0.15, 0.2) is 0 Å². The Balaban J connectivity index is 1.68. The number of aliphatic hydroxyl groups is 1. The van der Waals surface area contributed by atoms with E-state index in [1.54, 1.807) is 4.90 Å². The van der Waals surface area contributed by atoms with Gasteiger partial charge in [-0.05, 0) is 42.2 Å². The van der Waals surface area contributed by atoms with Gasteiger partial charge in [0.2, 0.25) is 5.91 Å². The Labute approximate surface area is 152 Å². The van der Waals surface area contributed by atoms with Gasteiger partial charge < -0.3 is 15.7 Å². The van der Waals surface area contributed by atoms with Crippen molar-refractivity contribution in [3.8, 4) is 0 Å². The van der Waals surface area contributed by atoms with Crippen LogP contribution in [0.2, 0.25) is 0 Å². The van der Waals surface area contributed by atoms with E-state index in [1.165, 1.54) is 0 Å². The molecule has 2 aromatic rings. The fourth-order valence-electron chi connectivity index (χ4n) is 3.04. The first-order valence-corrected chi connectivity index (χ1v) is 8.80. The molecule has 0 aliphatic carbocycles. The first kappa shape index (κ1) is 17.9. The molecular weight excluding hydrogens is 330 g/mol. The minimum Gasteiger partial charge on any atom is -0.395 e. The highest BCUT2D eigenvalue weighted by atomic mass is 16.3. The van der Waals surface area contributed by atoms with Crippen molar-refractivity contribution in [3.63, 3.8) is 0 Å². The molecule has 0 saturated heterocycles. The fraction of sp³-hybridized carbons (Fsp3) is 0.300. The molecule has 0 atom stereocenters. The highest BCUT2D eigenvalue weighted by molar-refractivity contribution is 6.03. The third kappa shape index (κ3) is 4.40. The molecule has 0 fully saturated rings. The van der Waals surface area contributed by atoms with E-state index in [4.69, 9.17) is 5.11 Å². The van der Waals surface area contributed by atoms with E-state index in [0.717, 1.165) is 28.9 Å². The monoisotopic (exact) mass is 353 g/mol. The van der Waals surface area contributed by atoms with Crippen molar-refractivity contribution in [2.24, 2.45) is 0 Å². The lowest BCUT2D eigenvalue weighted by molar-refractivity contribution is -0.121. The average molecular weight is 353 g/mol. The van der Waals surface area contributed by atoms with Crippen LogP contribution >= 0.6 is 0 Å². The van der Waals surface area contributed by atoms with Crippen molar-refractivity contribution in [1.82, 2.24) is 5.32 Å². The molecule has 0 saturated carbocycles. The van der Waals surface area contributed by atoms with Crippen LogP contribution in [0.5, 0.6) is 0 Å². The second-order valence-electron chi connectivity index (χ2n) is 6.23. The fourth-order valence-corrected chi connectivity index (χ4v) is 3.04. The topological polar surface area (TPSA) is 81.7 Å². The Morgan fingerprint density at radius 1 is 1.19 bits per heavy atom. The smallest absolute Gasteiger partial charge is 0.326 e. The molecule has 0 radical (unpaired) electrons. The summed E-state index contributed by atoms with van der Waals surface area (Å²) in [6, 6.07) is 15.4. The lowest BCUT2D eigenvalue weighted by atomic mass is 10.1. The van der Waals surface area contributed by atoms with Gasteiger partial charge in [-0.1, -0.05) is 30.3 Å². The molecule has 26 heavy (non-hydrogen) atoms. The van der Waals surface area contributed by atoms with E-state index in [9.17, 15) is 9.59 Å². The van der Waals surface area contributed by atoms with Crippen LogP contribution in [0.3, 0.4) is 0 Å². The van der Waals surface area contributed by atoms with Gasteiger partial charge in [-0.3, -0.25) is 9.69 Å². The molecule has 0 unspecified atom stereocenters. The second-order valence-corrected chi connectivity index (χ2v) is 6.23. The number of nitrogens with zero attached hydrogens (tertiary/aromatic N) is 1. The number of urea groups is 1. The number of anilines is 2. The summed E-state index contributed by atoms with van der Waals surface area (Å²) in [6.07, 6.45) is 1.71. The summed E-state index contributed by atoms with van der Waals surface area (Å²) in [7, 11) is 0. The molecule has 2 aromatic carbocycles. The standard InChI is InChI=1S/C20H23N3O3/c24-13-11-21-19(25)9-8-15-4-3-6-17(14-15)23-12-10-16-5-1-2-7-18(16)22-20(23)26/h1-7,14,24H,8-13H2,(H,21,25)(H,22,26).